The highest BCUT2D eigenvalue weighted by Crippen LogP contribution is 2.20. The summed E-state index contributed by atoms with van der Waals surface area (Å²) in [4.78, 5) is 34.8. The Bertz CT molecular complexity index is 502. The first-order chi connectivity index (χ1) is 10.6. The maximum Gasteiger partial charge on any atom is 0.313 e. The highest BCUT2D eigenvalue weighted by molar-refractivity contribution is 5.87. The summed E-state index contributed by atoms with van der Waals surface area (Å²) < 4.78 is 5.02. The number of rotatable bonds is 8. The molecule has 2 amide bonds. The minimum Gasteiger partial charge on any atom is -0.455 e. The first-order valence-corrected chi connectivity index (χ1v) is 7.33. The van der Waals surface area contributed by atoms with Crippen LogP contribution in [0.1, 0.15) is 31.7 Å². The molecule has 22 heavy (non-hydrogen) atoms. The average Bonchev–Trinajstić information content (AvgIpc) is 2.53. The molecule has 1 aromatic rings. The Morgan fingerprint density at radius 2 is 1.73 bits per heavy atom. The standard InChI is InChI=1S/C16H22N2O4/c1-3-13(12-8-6-5-7-9-12)16(21)22-11-15(20)18-10-14(19)17-4-2/h5-9,13H,3-4,10-11H2,1-2H3,(H,17,19)(H,18,20)/t13-/m0/s1. The molecular weight excluding hydrogens is 284 g/mol. The molecule has 0 aliphatic heterocycles. The van der Waals surface area contributed by atoms with Crippen LogP contribution in [0.25, 0.3) is 0 Å². The molecule has 0 aromatic heterocycles. The number of likely N-dealkylation sites (N-methyl/N-ethyl adjacent to an activating group) is 1. The Kier molecular flexibility index (Phi) is 7.67. The van der Waals surface area contributed by atoms with Crippen molar-refractivity contribution >= 4 is 17.8 Å². The smallest absolute Gasteiger partial charge is 0.313 e. The van der Waals surface area contributed by atoms with Gasteiger partial charge in [0.1, 0.15) is 0 Å². The van der Waals surface area contributed by atoms with E-state index in [-0.39, 0.29) is 19.1 Å². The van der Waals surface area contributed by atoms with Crippen LogP contribution in [0, 0.1) is 0 Å². The number of amides is 2. The fourth-order valence-electron chi connectivity index (χ4n) is 1.95. The predicted octanol–water partition coefficient (Wildman–Crippen LogP) is 0.976. The van der Waals surface area contributed by atoms with Crippen molar-refractivity contribution in [2.75, 3.05) is 19.7 Å². The van der Waals surface area contributed by atoms with Crippen molar-refractivity contribution in [3.63, 3.8) is 0 Å². The number of benzene rings is 1. The SMILES string of the molecule is CCNC(=O)CNC(=O)COC(=O)[C@@H](CC)c1ccccc1. The van der Waals surface area contributed by atoms with Gasteiger partial charge < -0.3 is 15.4 Å². The summed E-state index contributed by atoms with van der Waals surface area (Å²) in [5.41, 5.74) is 0.859. The monoisotopic (exact) mass is 306 g/mol. The van der Waals surface area contributed by atoms with E-state index in [1.807, 2.05) is 37.3 Å². The van der Waals surface area contributed by atoms with E-state index in [9.17, 15) is 14.4 Å². The fraction of sp³-hybridized carbons (Fsp3) is 0.438. The Morgan fingerprint density at radius 1 is 1.05 bits per heavy atom. The van der Waals surface area contributed by atoms with Crippen molar-refractivity contribution < 1.29 is 19.1 Å². The average molecular weight is 306 g/mol. The number of hydrogen-bond acceptors (Lipinski definition) is 4. The molecule has 120 valence electrons. The van der Waals surface area contributed by atoms with Gasteiger partial charge in [0.05, 0.1) is 12.5 Å². The fourth-order valence-corrected chi connectivity index (χ4v) is 1.95. The Morgan fingerprint density at radius 3 is 2.32 bits per heavy atom. The molecule has 0 aliphatic carbocycles. The molecule has 6 heteroatoms. The highest BCUT2D eigenvalue weighted by atomic mass is 16.5. The topological polar surface area (TPSA) is 84.5 Å². The second-order valence-electron chi connectivity index (χ2n) is 4.71. The first kappa shape index (κ1) is 17.7. The van der Waals surface area contributed by atoms with Gasteiger partial charge in [-0.2, -0.15) is 0 Å². The predicted molar refractivity (Wildman–Crippen MR) is 82.1 cm³/mol. The minimum atomic E-state index is -0.498. The number of hydrogen-bond donors (Lipinski definition) is 2. The Balaban J connectivity index is 2.41. The minimum absolute atomic E-state index is 0.125. The van der Waals surface area contributed by atoms with Gasteiger partial charge in [-0.25, -0.2) is 0 Å². The summed E-state index contributed by atoms with van der Waals surface area (Å²) in [6.07, 6.45) is 0.587. The quantitative estimate of drug-likeness (QED) is 0.701. The van der Waals surface area contributed by atoms with Gasteiger partial charge in [-0.1, -0.05) is 37.3 Å². The lowest BCUT2D eigenvalue weighted by Crippen LogP contribution is -2.38. The molecule has 0 aliphatic rings. The van der Waals surface area contributed by atoms with Crippen LogP contribution in [0.5, 0.6) is 0 Å². The van der Waals surface area contributed by atoms with Gasteiger partial charge in [-0.05, 0) is 18.9 Å². The molecule has 1 rings (SSSR count). The van der Waals surface area contributed by atoms with E-state index in [1.165, 1.54) is 0 Å². The molecule has 0 bridgehead atoms. The summed E-state index contributed by atoms with van der Waals surface area (Å²) in [5.74, 6) is -1.61. The van der Waals surface area contributed by atoms with Crippen LogP contribution in [0.2, 0.25) is 0 Å². The van der Waals surface area contributed by atoms with Crippen LogP contribution in [0.15, 0.2) is 30.3 Å². The van der Waals surface area contributed by atoms with E-state index in [4.69, 9.17) is 4.74 Å². The molecular formula is C16H22N2O4. The van der Waals surface area contributed by atoms with Crippen LogP contribution in [-0.2, 0) is 19.1 Å². The molecule has 0 fully saturated rings. The van der Waals surface area contributed by atoms with E-state index in [0.717, 1.165) is 5.56 Å². The summed E-state index contributed by atoms with van der Waals surface area (Å²) in [7, 11) is 0. The third-order valence-corrected chi connectivity index (χ3v) is 3.06. The van der Waals surface area contributed by atoms with E-state index >= 15 is 0 Å². The Hall–Kier alpha value is -2.37. The van der Waals surface area contributed by atoms with E-state index in [2.05, 4.69) is 10.6 Å². The normalized spacial score (nSPS) is 11.4. The molecule has 0 unspecified atom stereocenters. The number of nitrogens with one attached hydrogen (secondary N) is 2. The van der Waals surface area contributed by atoms with Crippen molar-refractivity contribution in [3.8, 4) is 0 Å². The van der Waals surface area contributed by atoms with E-state index in [0.29, 0.717) is 13.0 Å². The number of esters is 1. The molecule has 1 atom stereocenters. The largest absolute Gasteiger partial charge is 0.455 e. The summed E-state index contributed by atoms with van der Waals surface area (Å²) in [6.45, 7) is 3.66. The molecule has 6 nitrogen and oxygen atoms in total. The van der Waals surface area contributed by atoms with Gasteiger partial charge in [0.2, 0.25) is 5.91 Å². The number of carbonyl (C=O) groups is 3. The zero-order valence-corrected chi connectivity index (χ0v) is 12.9. The van der Waals surface area contributed by atoms with Gasteiger partial charge in [0.25, 0.3) is 5.91 Å². The second kappa shape index (κ2) is 9.55. The zero-order chi connectivity index (χ0) is 16.4. The van der Waals surface area contributed by atoms with Crippen LogP contribution in [0.3, 0.4) is 0 Å². The highest BCUT2D eigenvalue weighted by Gasteiger charge is 2.20. The molecule has 0 spiro atoms. The molecule has 2 N–H and O–H groups in total. The van der Waals surface area contributed by atoms with Crippen molar-refractivity contribution in [2.24, 2.45) is 0 Å². The first-order valence-electron chi connectivity index (χ1n) is 7.33. The lowest BCUT2D eigenvalue weighted by molar-refractivity contribution is -0.150. The van der Waals surface area contributed by atoms with Crippen molar-refractivity contribution in [1.82, 2.24) is 10.6 Å². The lowest BCUT2D eigenvalue weighted by atomic mass is 9.97. The van der Waals surface area contributed by atoms with Gasteiger partial charge in [-0.15, -0.1) is 0 Å². The maximum atomic E-state index is 12.0. The van der Waals surface area contributed by atoms with Crippen LogP contribution < -0.4 is 10.6 Å². The second-order valence-corrected chi connectivity index (χ2v) is 4.71. The van der Waals surface area contributed by atoms with Gasteiger partial charge in [0.15, 0.2) is 6.61 Å². The molecule has 1 aromatic carbocycles. The lowest BCUT2D eigenvalue weighted by Gasteiger charge is -2.14. The van der Waals surface area contributed by atoms with Crippen LogP contribution in [0.4, 0.5) is 0 Å². The van der Waals surface area contributed by atoms with Gasteiger partial charge in [0, 0.05) is 6.54 Å². The van der Waals surface area contributed by atoms with E-state index in [1.54, 1.807) is 6.92 Å². The van der Waals surface area contributed by atoms with Gasteiger partial charge >= 0.3 is 5.97 Å². The van der Waals surface area contributed by atoms with Crippen molar-refractivity contribution in [3.05, 3.63) is 35.9 Å². The van der Waals surface area contributed by atoms with E-state index < -0.39 is 17.8 Å². The molecule has 0 heterocycles. The maximum absolute atomic E-state index is 12.0. The molecule has 0 radical (unpaired) electrons. The van der Waals surface area contributed by atoms with Gasteiger partial charge in [-0.3, -0.25) is 14.4 Å². The third kappa shape index (κ3) is 5.95. The summed E-state index contributed by atoms with van der Waals surface area (Å²) >= 11 is 0. The molecule has 0 saturated carbocycles. The zero-order valence-electron chi connectivity index (χ0n) is 12.9. The Labute approximate surface area is 130 Å². The number of carbonyl (C=O) groups excluding carboxylic acids is 3. The van der Waals surface area contributed by atoms with Crippen molar-refractivity contribution in [2.45, 2.75) is 26.2 Å². The third-order valence-electron chi connectivity index (χ3n) is 3.06. The van der Waals surface area contributed by atoms with Crippen LogP contribution >= 0.6 is 0 Å². The van der Waals surface area contributed by atoms with Crippen LogP contribution in [-0.4, -0.2) is 37.5 Å². The summed E-state index contributed by atoms with van der Waals surface area (Å²) in [5, 5.41) is 4.94. The van der Waals surface area contributed by atoms with Crippen molar-refractivity contribution in [1.29, 1.82) is 0 Å². The molecule has 0 saturated heterocycles. The number of ether oxygens (including phenoxy) is 1. The summed E-state index contributed by atoms with van der Waals surface area (Å²) in [6, 6.07) is 9.28.